The van der Waals surface area contributed by atoms with E-state index in [1.54, 1.807) is 0 Å². The van der Waals surface area contributed by atoms with Gasteiger partial charge in [0.15, 0.2) is 0 Å². The Labute approximate surface area is 103 Å². The van der Waals surface area contributed by atoms with Crippen molar-refractivity contribution in [3.63, 3.8) is 0 Å². The lowest BCUT2D eigenvalue weighted by Crippen LogP contribution is -2.30. The average molecular weight is 274 g/mol. The summed E-state index contributed by atoms with van der Waals surface area (Å²) in [6.07, 6.45) is 5.88. The molecular formula is C13H24BrN. The number of hydrogen-bond acceptors (Lipinski definition) is 1. The lowest BCUT2D eigenvalue weighted by atomic mass is 9.82. The van der Waals surface area contributed by atoms with E-state index in [9.17, 15) is 0 Å². The van der Waals surface area contributed by atoms with Gasteiger partial charge in [0.05, 0.1) is 0 Å². The maximum atomic E-state index is 3.78. The van der Waals surface area contributed by atoms with Crippen LogP contribution in [-0.2, 0) is 0 Å². The summed E-state index contributed by atoms with van der Waals surface area (Å²) >= 11 is 3.78. The molecule has 2 rings (SSSR count). The lowest BCUT2D eigenvalue weighted by molar-refractivity contribution is 0.201. The second-order valence-electron chi connectivity index (χ2n) is 5.85. The maximum absolute atomic E-state index is 3.78. The van der Waals surface area contributed by atoms with Gasteiger partial charge in [0, 0.05) is 24.5 Å². The van der Waals surface area contributed by atoms with E-state index in [1.165, 1.54) is 45.3 Å². The fraction of sp³-hybridized carbons (Fsp3) is 1.00. The second kappa shape index (κ2) is 5.18. The van der Waals surface area contributed by atoms with Crippen LogP contribution in [0.3, 0.4) is 0 Å². The van der Waals surface area contributed by atoms with E-state index in [1.807, 2.05) is 0 Å². The second-order valence-corrected chi connectivity index (χ2v) is 7.03. The van der Waals surface area contributed by atoms with Crippen LogP contribution in [-0.4, -0.2) is 29.4 Å². The molecule has 1 aliphatic carbocycles. The van der Waals surface area contributed by atoms with Gasteiger partial charge in [-0.2, -0.15) is 0 Å². The highest BCUT2D eigenvalue weighted by atomic mass is 79.9. The van der Waals surface area contributed by atoms with Gasteiger partial charge in [-0.25, -0.2) is 0 Å². The smallest absolute Gasteiger partial charge is 0.0310 e. The molecule has 1 saturated carbocycles. The van der Waals surface area contributed by atoms with Crippen LogP contribution in [0.2, 0.25) is 0 Å². The molecule has 0 aromatic carbocycles. The first-order chi connectivity index (χ1) is 7.15. The first kappa shape index (κ1) is 11.9. The van der Waals surface area contributed by atoms with Crippen molar-refractivity contribution in [2.24, 2.45) is 17.8 Å². The number of alkyl halides is 1. The van der Waals surface area contributed by atoms with Gasteiger partial charge in [0.25, 0.3) is 0 Å². The number of rotatable bonds is 2. The summed E-state index contributed by atoms with van der Waals surface area (Å²) in [6, 6.07) is 0. The predicted molar refractivity (Wildman–Crippen MR) is 69.4 cm³/mol. The third kappa shape index (κ3) is 3.20. The molecule has 0 aromatic heterocycles. The molecule has 0 aromatic rings. The third-order valence-electron chi connectivity index (χ3n) is 4.16. The minimum atomic E-state index is 0.735. The summed E-state index contributed by atoms with van der Waals surface area (Å²) < 4.78 is 0. The van der Waals surface area contributed by atoms with E-state index in [0.717, 1.165) is 22.6 Å². The zero-order chi connectivity index (χ0) is 10.8. The van der Waals surface area contributed by atoms with Crippen molar-refractivity contribution in [2.75, 3.05) is 19.6 Å². The van der Waals surface area contributed by atoms with E-state index in [2.05, 4.69) is 34.7 Å². The predicted octanol–water partition coefficient (Wildman–Crippen LogP) is 3.53. The van der Waals surface area contributed by atoms with Gasteiger partial charge in [-0.1, -0.05) is 42.6 Å². The molecule has 1 heterocycles. The monoisotopic (exact) mass is 273 g/mol. The van der Waals surface area contributed by atoms with Gasteiger partial charge in [-0.05, 0) is 30.6 Å². The Morgan fingerprint density at radius 2 is 2.00 bits per heavy atom. The number of hydrogen-bond donors (Lipinski definition) is 0. The molecule has 15 heavy (non-hydrogen) atoms. The fourth-order valence-corrected chi connectivity index (χ4v) is 3.84. The molecule has 0 spiro atoms. The molecule has 2 fully saturated rings. The van der Waals surface area contributed by atoms with Crippen LogP contribution in [0.15, 0.2) is 0 Å². The van der Waals surface area contributed by atoms with Crippen LogP contribution in [0, 0.1) is 17.8 Å². The summed E-state index contributed by atoms with van der Waals surface area (Å²) in [5, 5.41) is 0. The normalized spacial score (nSPS) is 43.4. The van der Waals surface area contributed by atoms with Crippen molar-refractivity contribution in [1.29, 1.82) is 0 Å². The molecule has 0 bridgehead atoms. The molecule has 2 aliphatic rings. The van der Waals surface area contributed by atoms with E-state index in [-0.39, 0.29) is 0 Å². The summed E-state index contributed by atoms with van der Waals surface area (Å²) in [5.74, 6) is 2.80. The summed E-state index contributed by atoms with van der Waals surface area (Å²) in [6.45, 7) is 8.72. The average Bonchev–Trinajstić information content (AvgIpc) is 2.45. The van der Waals surface area contributed by atoms with Gasteiger partial charge in [0.2, 0.25) is 0 Å². The van der Waals surface area contributed by atoms with Crippen LogP contribution in [0.25, 0.3) is 0 Å². The van der Waals surface area contributed by atoms with E-state index >= 15 is 0 Å². The number of halogens is 1. The Morgan fingerprint density at radius 1 is 1.20 bits per heavy atom. The van der Waals surface area contributed by atoms with Gasteiger partial charge in [0.1, 0.15) is 0 Å². The van der Waals surface area contributed by atoms with Crippen molar-refractivity contribution in [1.82, 2.24) is 4.90 Å². The van der Waals surface area contributed by atoms with Crippen molar-refractivity contribution in [3.05, 3.63) is 0 Å². The third-order valence-corrected chi connectivity index (χ3v) is 5.35. The molecule has 0 amide bonds. The molecule has 0 radical (unpaired) electrons. The van der Waals surface area contributed by atoms with Gasteiger partial charge >= 0.3 is 0 Å². The first-order valence-electron chi connectivity index (χ1n) is 6.51. The standard InChI is InChI=1S/C13H24BrN/c1-10-4-3-5-12(6-10)8-15-7-11(2)13(14)9-15/h10-13H,3-9H2,1-2H3. The Balaban J connectivity index is 1.77. The first-order valence-corrected chi connectivity index (χ1v) is 7.43. The van der Waals surface area contributed by atoms with Crippen LogP contribution in [0.1, 0.15) is 39.5 Å². The van der Waals surface area contributed by atoms with Crippen molar-refractivity contribution >= 4 is 15.9 Å². The van der Waals surface area contributed by atoms with Gasteiger partial charge in [-0.3, -0.25) is 0 Å². The Morgan fingerprint density at radius 3 is 2.60 bits per heavy atom. The SMILES string of the molecule is CC1CCCC(CN2CC(C)C(Br)C2)C1. The topological polar surface area (TPSA) is 3.24 Å². The highest BCUT2D eigenvalue weighted by Gasteiger charge is 2.29. The van der Waals surface area contributed by atoms with Gasteiger partial charge in [-0.15, -0.1) is 0 Å². The van der Waals surface area contributed by atoms with Crippen molar-refractivity contribution in [2.45, 2.75) is 44.4 Å². The zero-order valence-electron chi connectivity index (χ0n) is 10.1. The molecule has 1 nitrogen and oxygen atoms in total. The lowest BCUT2D eigenvalue weighted by Gasteiger charge is -2.30. The molecule has 88 valence electrons. The van der Waals surface area contributed by atoms with Crippen LogP contribution >= 0.6 is 15.9 Å². The molecule has 1 saturated heterocycles. The van der Waals surface area contributed by atoms with E-state index in [0.29, 0.717) is 0 Å². The summed E-state index contributed by atoms with van der Waals surface area (Å²) in [7, 11) is 0. The largest absolute Gasteiger partial charge is 0.302 e. The Bertz CT molecular complexity index is 194. The van der Waals surface area contributed by atoms with Crippen LogP contribution in [0.5, 0.6) is 0 Å². The summed E-state index contributed by atoms with van der Waals surface area (Å²) in [4.78, 5) is 3.41. The molecule has 4 unspecified atom stereocenters. The van der Waals surface area contributed by atoms with E-state index < -0.39 is 0 Å². The quantitative estimate of drug-likeness (QED) is 0.696. The van der Waals surface area contributed by atoms with Crippen LogP contribution < -0.4 is 0 Å². The number of nitrogens with zero attached hydrogens (tertiary/aromatic N) is 1. The number of likely N-dealkylation sites (tertiary alicyclic amines) is 1. The molecule has 4 atom stereocenters. The van der Waals surface area contributed by atoms with Crippen LogP contribution in [0.4, 0.5) is 0 Å². The van der Waals surface area contributed by atoms with Crippen molar-refractivity contribution in [3.8, 4) is 0 Å². The minimum Gasteiger partial charge on any atom is -0.302 e. The van der Waals surface area contributed by atoms with Gasteiger partial charge < -0.3 is 4.90 Å². The molecule has 1 aliphatic heterocycles. The minimum absolute atomic E-state index is 0.735. The Hall–Kier alpha value is 0.440. The molecule has 2 heteroatoms. The molecular weight excluding hydrogens is 250 g/mol. The highest BCUT2D eigenvalue weighted by molar-refractivity contribution is 9.09. The fourth-order valence-electron chi connectivity index (χ4n) is 3.26. The highest BCUT2D eigenvalue weighted by Crippen LogP contribution is 2.31. The Kier molecular flexibility index (Phi) is 4.11. The molecule has 0 N–H and O–H groups in total. The summed E-state index contributed by atoms with van der Waals surface area (Å²) in [5.41, 5.74) is 0. The zero-order valence-corrected chi connectivity index (χ0v) is 11.7. The van der Waals surface area contributed by atoms with E-state index in [4.69, 9.17) is 0 Å². The van der Waals surface area contributed by atoms with Crippen molar-refractivity contribution < 1.29 is 0 Å². The maximum Gasteiger partial charge on any atom is 0.0310 e.